The second-order valence-electron chi connectivity index (χ2n) is 4.46. The highest BCUT2D eigenvalue weighted by Crippen LogP contribution is 2.25. The number of aryl methyl sites for hydroxylation is 2. The van der Waals surface area contributed by atoms with E-state index in [0.717, 1.165) is 0 Å². The van der Waals surface area contributed by atoms with Gasteiger partial charge in [-0.05, 0) is 43.7 Å². The lowest BCUT2D eigenvalue weighted by Gasteiger charge is -2.03. The molecule has 21 heavy (non-hydrogen) atoms. The summed E-state index contributed by atoms with van der Waals surface area (Å²) in [4.78, 5) is 11.9. The van der Waals surface area contributed by atoms with Crippen LogP contribution in [0.25, 0.3) is 0 Å². The Morgan fingerprint density at radius 3 is 2.71 bits per heavy atom. The van der Waals surface area contributed by atoms with Crippen LogP contribution in [0.5, 0.6) is 11.5 Å². The predicted octanol–water partition coefficient (Wildman–Crippen LogP) is 2.37. The van der Waals surface area contributed by atoms with Crippen LogP contribution in [0, 0.1) is 13.8 Å². The van der Waals surface area contributed by atoms with Crippen molar-refractivity contribution >= 4 is 12.1 Å². The summed E-state index contributed by atoms with van der Waals surface area (Å²) in [6.45, 7) is 3.49. The monoisotopic (exact) mass is 288 g/mol. The minimum atomic E-state index is -0.349. The van der Waals surface area contributed by atoms with E-state index in [0.29, 0.717) is 28.4 Å². The maximum absolute atomic E-state index is 11.9. The quantitative estimate of drug-likeness (QED) is 0.668. The Balaban J connectivity index is 2.04. The van der Waals surface area contributed by atoms with E-state index in [1.807, 2.05) is 0 Å². The summed E-state index contributed by atoms with van der Waals surface area (Å²) >= 11 is 0. The Bertz CT molecular complexity index is 689. The molecule has 0 unspecified atom stereocenters. The maximum atomic E-state index is 11.9. The predicted molar refractivity (Wildman–Crippen MR) is 77.9 cm³/mol. The van der Waals surface area contributed by atoms with Crippen molar-refractivity contribution in [3.05, 3.63) is 46.9 Å². The van der Waals surface area contributed by atoms with Crippen molar-refractivity contribution in [1.82, 2.24) is 5.43 Å². The molecule has 0 aliphatic heterocycles. The summed E-state index contributed by atoms with van der Waals surface area (Å²) in [6.07, 6.45) is 1.43. The van der Waals surface area contributed by atoms with Crippen LogP contribution in [0.4, 0.5) is 0 Å². The molecule has 6 heteroatoms. The average Bonchev–Trinajstić information content (AvgIpc) is 2.78. The van der Waals surface area contributed by atoms with Gasteiger partial charge in [-0.2, -0.15) is 5.10 Å². The van der Waals surface area contributed by atoms with Crippen molar-refractivity contribution in [3.63, 3.8) is 0 Å². The van der Waals surface area contributed by atoms with Crippen LogP contribution in [0.15, 0.2) is 33.8 Å². The molecule has 0 saturated heterocycles. The van der Waals surface area contributed by atoms with Crippen LogP contribution in [-0.2, 0) is 0 Å². The third kappa shape index (κ3) is 3.42. The van der Waals surface area contributed by atoms with Crippen LogP contribution < -0.4 is 10.2 Å². The number of benzene rings is 1. The molecule has 0 atom stereocenters. The molecule has 0 spiro atoms. The number of amides is 1. The Hall–Kier alpha value is -2.76. The third-order valence-electron chi connectivity index (χ3n) is 2.87. The lowest BCUT2D eigenvalue weighted by Crippen LogP contribution is -2.17. The molecule has 1 aromatic heterocycles. The van der Waals surface area contributed by atoms with E-state index in [2.05, 4.69) is 10.5 Å². The fourth-order valence-electron chi connectivity index (χ4n) is 1.87. The SMILES string of the molecule is COc1ccc(/C=N\NC(=O)c2cc(C)oc2C)cc1O. The lowest BCUT2D eigenvalue weighted by molar-refractivity contribution is 0.0953. The molecule has 0 aliphatic rings. The van der Waals surface area contributed by atoms with Gasteiger partial charge in [0.25, 0.3) is 5.91 Å². The molecule has 1 heterocycles. The van der Waals surface area contributed by atoms with Gasteiger partial charge in [0.1, 0.15) is 11.5 Å². The first-order chi connectivity index (χ1) is 10.0. The zero-order valence-electron chi connectivity index (χ0n) is 12.0. The first kappa shape index (κ1) is 14.6. The topological polar surface area (TPSA) is 84.1 Å². The van der Waals surface area contributed by atoms with Gasteiger partial charge >= 0.3 is 0 Å². The number of rotatable bonds is 4. The number of nitrogens with one attached hydrogen (secondary N) is 1. The molecule has 0 aliphatic carbocycles. The fourth-order valence-corrected chi connectivity index (χ4v) is 1.87. The number of nitrogens with zero attached hydrogens (tertiary/aromatic N) is 1. The first-order valence-electron chi connectivity index (χ1n) is 6.28. The Kier molecular flexibility index (Phi) is 4.27. The zero-order valence-corrected chi connectivity index (χ0v) is 12.0. The molecule has 0 saturated carbocycles. The number of ether oxygens (including phenoxy) is 1. The summed E-state index contributed by atoms with van der Waals surface area (Å²) in [5.41, 5.74) is 3.49. The fraction of sp³-hybridized carbons (Fsp3) is 0.200. The van der Waals surface area contributed by atoms with Crippen molar-refractivity contribution in [2.45, 2.75) is 13.8 Å². The lowest BCUT2D eigenvalue weighted by atomic mass is 10.2. The normalized spacial score (nSPS) is 10.8. The van der Waals surface area contributed by atoms with Gasteiger partial charge < -0.3 is 14.3 Å². The highest BCUT2D eigenvalue weighted by Gasteiger charge is 2.12. The number of hydrogen-bond acceptors (Lipinski definition) is 5. The van der Waals surface area contributed by atoms with Gasteiger partial charge in [-0.1, -0.05) is 0 Å². The molecule has 6 nitrogen and oxygen atoms in total. The van der Waals surface area contributed by atoms with E-state index < -0.39 is 0 Å². The smallest absolute Gasteiger partial charge is 0.274 e. The summed E-state index contributed by atoms with van der Waals surface area (Å²) in [7, 11) is 1.47. The van der Waals surface area contributed by atoms with Crippen molar-refractivity contribution < 1.29 is 19.1 Å². The van der Waals surface area contributed by atoms with Crippen LogP contribution in [-0.4, -0.2) is 24.3 Å². The van der Waals surface area contributed by atoms with Crippen LogP contribution >= 0.6 is 0 Å². The number of furan rings is 1. The van der Waals surface area contributed by atoms with Crippen LogP contribution in [0.1, 0.15) is 27.4 Å². The Morgan fingerprint density at radius 1 is 1.38 bits per heavy atom. The number of aromatic hydroxyl groups is 1. The van der Waals surface area contributed by atoms with Gasteiger partial charge in [0, 0.05) is 0 Å². The molecule has 1 amide bonds. The van der Waals surface area contributed by atoms with Crippen molar-refractivity contribution in [3.8, 4) is 11.5 Å². The van der Waals surface area contributed by atoms with Crippen LogP contribution in [0.2, 0.25) is 0 Å². The summed E-state index contributed by atoms with van der Waals surface area (Å²) in [5, 5.41) is 13.5. The summed E-state index contributed by atoms with van der Waals surface area (Å²) < 4.78 is 10.2. The number of phenols is 1. The molecule has 2 aromatic rings. The van der Waals surface area contributed by atoms with Crippen LogP contribution in [0.3, 0.4) is 0 Å². The minimum Gasteiger partial charge on any atom is -0.504 e. The van der Waals surface area contributed by atoms with E-state index in [9.17, 15) is 9.90 Å². The van der Waals surface area contributed by atoms with E-state index in [1.54, 1.807) is 32.0 Å². The van der Waals surface area contributed by atoms with Gasteiger partial charge in [-0.15, -0.1) is 0 Å². The number of methoxy groups -OCH3 is 1. The van der Waals surface area contributed by atoms with Gasteiger partial charge in [-0.3, -0.25) is 4.79 Å². The van der Waals surface area contributed by atoms with E-state index in [1.165, 1.54) is 19.4 Å². The largest absolute Gasteiger partial charge is 0.504 e. The molecule has 2 N–H and O–H groups in total. The van der Waals surface area contributed by atoms with E-state index in [4.69, 9.17) is 9.15 Å². The molecular weight excluding hydrogens is 272 g/mol. The molecule has 1 aromatic carbocycles. The standard InChI is InChI=1S/C15H16N2O4/c1-9-6-12(10(2)21-9)15(19)17-16-8-11-4-5-14(20-3)13(18)7-11/h4-8,18H,1-3H3,(H,17,19)/b16-8-. The van der Waals surface area contributed by atoms with Gasteiger partial charge in [0.2, 0.25) is 0 Å². The van der Waals surface area contributed by atoms with E-state index in [-0.39, 0.29) is 11.7 Å². The number of hydrogen-bond donors (Lipinski definition) is 2. The molecule has 0 bridgehead atoms. The second kappa shape index (κ2) is 6.13. The highest BCUT2D eigenvalue weighted by atomic mass is 16.5. The molecule has 0 radical (unpaired) electrons. The summed E-state index contributed by atoms with van der Waals surface area (Å²) in [5.74, 6) is 1.25. The van der Waals surface area contributed by atoms with Gasteiger partial charge in [-0.25, -0.2) is 5.43 Å². The molecule has 0 fully saturated rings. The molecular formula is C15H16N2O4. The van der Waals surface area contributed by atoms with Crippen molar-refractivity contribution in [2.24, 2.45) is 5.10 Å². The number of phenolic OH excluding ortho intramolecular Hbond substituents is 1. The van der Waals surface area contributed by atoms with E-state index >= 15 is 0 Å². The average molecular weight is 288 g/mol. The highest BCUT2D eigenvalue weighted by molar-refractivity contribution is 5.95. The molecule has 110 valence electrons. The van der Waals surface area contributed by atoms with Crippen molar-refractivity contribution in [2.75, 3.05) is 7.11 Å². The number of hydrazone groups is 1. The Labute approximate surface area is 122 Å². The number of carbonyl (C=O) groups is 1. The Morgan fingerprint density at radius 2 is 2.14 bits per heavy atom. The van der Waals surface area contributed by atoms with Crippen molar-refractivity contribution in [1.29, 1.82) is 0 Å². The molecule has 2 rings (SSSR count). The third-order valence-corrected chi connectivity index (χ3v) is 2.87. The zero-order chi connectivity index (χ0) is 15.4. The minimum absolute atomic E-state index is 0.00841. The maximum Gasteiger partial charge on any atom is 0.274 e. The van der Waals surface area contributed by atoms with Gasteiger partial charge in [0.05, 0.1) is 18.9 Å². The second-order valence-corrected chi connectivity index (χ2v) is 4.46. The first-order valence-corrected chi connectivity index (χ1v) is 6.28. The number of carbonyl (C=O) groups excluding carboxylic acids is 1. The van der Waals surface area contributed by atoms with Gasteiger partial charge in [0.15, 0.2) is 11.5 Å². The summed E-state index contributed by atoms with van der Waals surface area (Å²) in [6, 6.07) is 6.46.